The summed E-state index contributed by atoms with van der Waals surface area (Å²) in [5, 5.41) is 12.2. The van der Waals surface area contributed by atoms with Crippen molar-refractivity contribution in [2.24, 2.45) is 0 Å². The fourth-order valence-electron chi connectivity index (χ4n) is 5.45. The van der Waals surface area contributed by atoms with Crippen LogP contribution >= 0.6 is 0 Å². The predicted octanol–water partition coefficient (Wildman–Crippen LogP) is 4.23. The van der Waals surface area contributed by atoms with Crippen molar-refractivity contribution in [3.05, 3.63) is 30.3 Å². The Morgan fingerprint density at radius 3 is 2.12 bits per heavy atom. The summed E-state index contributed by atoms with van der Waals surface area (Å²) in [7, 11) is 0.628. The first kappa shape index (κ1) is 19.1. The third-order valence-corrected chi connectivity index (χ3v) is 12.6. The molecule has 2 fully saturated rings. The topological polar surface area (TPSA) is 20.2 Å². The molecule has 1 atom stereocenters. The van der Waals surface area contributed by atoms with Crippen LogP contribution in [0.3, 0.4) is 0 Å². The molecular weight excluding hydrogens is 322 g/mol. The quantitative estimate of drug-likeness (QED) is 0.594. The van der Waals surface area contributed by atoms with Gasteiger partial charge in [0, 0.05) is 6.23 Å². The molecule has 0 unspecified atom stereocenters. The number of aliphatic hydroxyl groups excluding tert-OH is 1. The number of likely N-dealkylation sites (tertiary alicyclic amines) is 1. The monoisotopic (exact) mass is 360 g/mol. The van der Waals surface area contributed by atoms with Gasteiger partial charge in [-0.2, -0.15) is 0 Å². The van der Waals surface area contributed by atoms with Crippen LogP contribution in [0, 0.1) is 0 Å². The van der Waals surface area contributed by atoms with Crippen molar-refractivity contribution in [1.82, 2.24) is 0 Å². The van der Waals surface area contributed by atoms with Crippen LogP contribution in [-0.4, -0.2) is 50.6 Å². The number of benzene rings is 1. The lowest BCUT2D eigenvalue weighted by molar-refractivity contribution is -0.907. The van der Waals surface area contributed by atoms with Crippen molar-refractivity contribution in [3.63, 3.8) is 0 Å². The highest BCUT2D eigenvalue weighted by Gasteiger charge is 2.44. The minimum Gasteiger partial charge on any atom is -0.399 e. The van der Waals surface area contributed by atoms with E-state index in [1.165, 1.54) is 93.1 Å². The minimum atomic E-state index is -1.85. The van der Waals surface area contributed by atoms with E-state index in [0.717, 1.165) is 5.54 Å². The Morgan fingerprint density at radius 1 is 0.920 bits per heavy atom. The van der Waals surface area contributed by atoms with Crippen LogP contribution in [0.5, 0.6) is 0 Å². The number of aliphatic hydroxyl groups is 1. The molecule has 0 spiro atoms. The zero-order chi connectivity index (χ0) is 17.6. The number of rotatable bonds is 6. The highest BCUT2D eigenvalue weighted by atomic mass is 28.3. The maximum atomic E-state index is 10.7. The Balaban J connectivity index is 1.82. The van der Waals surface area contributed by atoms with Crippen molar-refractivity contribution in [2.45, 2.75) is 69.4 Å². The number of nitrogens with zero attached hydrogens (tertiary/aromatic N) is 1. The van der Waals surface area contributed by atoms with Crippen LogP contribution in [0.2, 0.25) is 11.6 Å². The van der Waals surface area contributed by atoms with Gasteiger partial charge in [0.2, 0.25) is 0 Å². The van der Waals surface area contributed by atoms with Gasteiger partial charge < -0.3 is 9.59 Å². The number of quaternary nitrogens is 1. The molecule has 1 N–H and O–H groups in total. The molecule has 140 valence electrons. The van der Waals surface area contributed by atoms with Gasteiger partial charge in [-0.15, -0.1) is 0 Å². The highest BCUT2D eigenvalue weighted by Crippen LogP contribution is 2.39. The Hall–Kier alpha value is -0.643. The van der Waals surface area contributed by atoms with E-state index in [-0.39, 0.29) is 0 Å². The second kappa shape index (κ2) is 8.83. The first-order valence-corrected chi connectivity index (χ1v) is 13.2. The lowest BCUT2D eigenvalue weighted by Gasteiger charge is -2.43. The van der Waals surface area contributed by atoms with Gasteiger partial charge in [-0.3, -0.25) is 0 Å². The van der Waals surface area contributed by atoms with Gasteiger partial charge in [0.05, 0.1) is 26.7 Å². The van der Waals surface area contributed by atoms with E-state index >= 15 is 0 Å². The van der Waals surface area contributed by atoms with Crippen LogP contribution in [0.15, 0.2) is 30.3 Å². The van der Waals surface area contributed by atoms with Crippen LogP contribution in [-0.2, 0) is 0 Å². The molecule has 2 aliphatic rings. The van der Waals surface area contributed by atoms with E-state index in [1.54, 1.807) is 0 Å². The predicted molar refractivity (Wildman–Crippen MR) is 110 cm³/mol. The Kier molecular flexibility index (Phi) is 6.76. The van der Waals surface area contributed by atoms with E-state index in [1.807, 2.05) is 0 Å². The van der Waals surface area contributed by atoms with Crippen LogP contribution < -0.4 is 5.19 Å². The van der Waals surface area contributed by atoms with E-state index < -0.39 is 8.07 Å². The summed E-state index contributed by atoms with van der Waals surface area (Å²) in [5.74, 6) is 0. The summed E-state index contributed by atoms with van der Waals surface area (Å²) >= 11 is 0. The van der Waals surface area contributed by atoms with E-state index in [2.05, 4.69) is 37.4 Å². The maximum Gasteiger partial charge on any atom is 0.123 e. The molecule has 3 rings (SSSR count). The van der Waals surface area contributed by atoms with E-state index in [0.29, 0.717) is 6.23 Å². The molecule has 1 aliphatic carbocycles. The van der Waals surface area contributed by atoms with Gasteiger partial charge in [0.25, 0.3) is 0 Å². The van der Waals surface area contributed by atoms with Gasteiger partial charge in [-0.1, -0.05) is 67.6 Å². The second-order valence-corrected chi connectivity index (χ2v) is 13.5. The number of hydrogen-bond donors (Lipinski definition) is 1. The molecular formula is C22H38NOSi+. The van der Waals surface area contributed by atoms with Crippen molar-refractivity contribution < 1.29 is 9.59 Å². The van der Waals surface area contributed by atoms with Crippen molar-refractivity contribution in [1.29, 1.82) is 0 Å². The van der Waals surface area contributed by atoms with Gasteiger partial charge >= 0.3 is 0 Å². The van der Waals surface area contributed by atoms with Gasteiger partial charge in [-0.05, 0) is 37.3 Å². The smallest absolute Gasteiger partial charge is 0.123 e. The molecule has 1 heterocycles. The van der Waals surface area contributed by atoms with Gasteiger partial charge in [0.15, 0.2) is 0 Å². The summed E-state index contributed by atoms with van der Waals surface area (Å²) in [6.45, 7) is 3.96. The third-order valence-electron chi connectivity index (χ3n) is 7.26. The summed E-state index contributed by atoms with van der Waals surface area (Å²) in [6.07, 6.45) is 12.9. The van der Waals surface area contributed by atoms with Crippen LogP contribution in [0.1, 0.15) is 57.8 Å². The Labute approximate surface area is 155 Å². The molecule has 0 bridgehead atoms. The molecule has 3 heteroatoms. The van der Waals surface area contributed by atoms with Crippen LogP contribution in [0.25, 0.3) is 0 Å². The first-order chi connectivity index (χ1) is 12.2. The van der Waals surface area contributed by atoms with Crippen molar-refractivity contribution in [2.75, 3.05) is 32.9 Å². The molecule has 2 nitrogen and oxygen atoms in total. The molecule has 1 aromatic carbocycles. The lowest BCUT2D eigenvalue weighted by Crippen LogP contribution is -2.59. The molecule has 1 aromatic rings. The zero-order valence-corrected chi connectivity index (χ0v) is 17.3. The molecule has 0 amide bonds. The van der Waals surface area contributed by atoms with Crippen LogP contribution in [0.4, 0.5) is 0 Å². The number of hydrogen-bond acceptors (Lipinski definition) is 1. The first-order valence-electron chi connectivity index (χ1n) is 10.7. The van der Waals surface area contributed by atoms with Gasteiger partial charge in [0.1, 0.15) is 8.07 Å². The van der Waals surface area contributed by atoms with Crippen molar-refractivity contribution in [3.8, 4) is 0 Å². The fourth-order valence-corrected chi connectivity index (χ4v) is 10.5. The lowest BCUT2D eigenvalue weighted by atomic mass is 10.0. The molecule has 1 saturated carbocycles. The summed E-state index contributed by atoms with van der Waals surface area (Å²) in [5.41, 5.74) is 0.784. The average Bonchev–Trinajstić information content (AvgIpc) is 2.89. The molecule has 0 aromatic heterocycles. The largest absolute Gasteiger partial charge is 0.399 e. The van der Waals surface area contributed by atoms with Crippen molar-refractivity contribution >= 4 is 13.3 Å². The summed E-state index contributed by atoms with van der Waals surface area (Å²) in [6, 6.07) is 12.5. The van der Waals surface area contributed by atoms with E-state index in [9.17, 15) is 5.11 Å². The second-order valence-electron chi connectivity index (χ2n) is 8.97. The summed E-state index contributed by atoms with van der Waals surface area (Å²) < 4.78 is 1.24. The molecule has 1 saturated heterocycles. The molecule has 0 radical (unpaired) electrons. The zero-order valence-electron chi connectivity index (χ0n) is 16.3. The SMILES string of the molecule is C[N+]1(CC[Si@@](CO)(c2ccccc2)C2CCCCC2)CCCCCC1. The minimum absolute atomic E-state index is 0.446. The maximum absolute atomic E-state index is 10.7. The van der Waals surface area contributed by atoms with E-state index in [4.69, 9.17) is 0 Å². The Bertz CT molecular complexity index is 506. The third kappa shape index (κ3) is 4.56. The molecule has 25 heavy (non-hydrogen) atoms. The average molecular weight is 361 g/mol. The molecule has 1 aliphatic heterocycles. The Morgan fingerprint density at radius 2 is 1.52 bits per heavy atom. The highest BCUT2D eigenvalue weighted by molar-refractivity contribution is 6.93. The summed E-state index contributed by atoms with van der Waals surface area (Å²) in [4.78, 5) is 0. The standard InChI is InChI=1S/C22H38NOSi/c1-23(16-10-2-3-11-17-23)18-19-25(20-24,21-12-6-4-7-13-21)22-14-8-5-9-15-22/h4,6-7,12-13,22,24H,2-3,5,8-11,14-20H2,1H3/q+1/t25-/m1/s1. The fraction of sp³-hybridized carbons (Fsp3) is 0.727. The van der Waals surface area contributed by atoms with Gasteiger partial charge in [-0.25, -0.2) is 0 Å². The normalized spacial score (nSPS) is 24.4.